The molecule has 0 atom stereocenters. The van der Waals surface area contributed by atoms with Crippen LogP contribution in [0, 0.1) is 0 Å². The van der Waals surface area contributed by atoms with Crippen LogP contribution >= 0.6 is 15.9 Å². The van der Waals surface area contributed by atoms with E-state index in [9.17, 15) is 9.90 Å². The van der Waals surface area contributed by atoms with Gasteiger partial charge in [-0.15, -0.1) is 0 Å². The Hall–Kier alpha value is -1.81. The van der Waals surface area contributed by atoms with Gasteiger partial charge < -0.3 is 10.0 Å². The number of aromatic hydroxyl groups is 1. The van der Waals surface area contributed by atoms with Crippen LogP contribution in [0.3, 0.4) is 0 Å². The van der Waals surface area contributed by atoms with Crippen molar-refractivity contribution in [3.8, 4) is 5.75 Å². The van der Waals surface area contributed by atoms with Crippen LogP contribution in [0.2, 0.25) is 0 Å². The molecule has 0 saturated heterocycles. The smallest absolute Gasteiger partial charge is 0.257 e. The van der Waals surface area contributed by atoms with Crippen LogP contribution in [0.5, 0.6) is 5.75 Å². The second-order valence-corrected chi connectivity index (χ2v) is 5.21. The Morgan fingerprint density at radius 3 is 2.35 bits per heavy atom. The average Bonchev–Trinajstić information content (AvgIpc) is 2.48. The summed E-state index contributed by atoms with van der Waals surface area (Å²) < 4.78 is 0. The van der Waals surface area contributed by atoms with Gasteiger partial charge in [-0.1, -0.05) is 58.4 Å². The van der Waals surface area contributed by atoms with Gasteiger partial charge >= 0.3 is 0 Å². The van der Waals surface area contributed by atoms with E-state index in [0.717, 1.165) is 5.56 Å². The molecule has 2 aromatic carbocycles. The third-order valence-corrected chi connectivity index (χ3v) is 3.35. The van der Waals surface area contributed by atoms with Gasteiger partial charge in [-0.25, -0.2) is 0 Å². The Balaban J connectivity index is 2.20. The largest absolute Gasteiger partial charge is 0.507 e. The molecular formula is C16H16BrNO2. The quantitative estimate of drug-likeness (QED) is 0.851. The molecule has 4 heteroatoms. The second kappa shape index (κ2) is 7.10. The zero-order chi connectivity index (χ0) is 14.4. The summed E-state index contributed by atoms with van der Waals surface area (Å²) in [6, 6.07) is 16.5. The maximum atomic E-state index is 12.5. The average molecular weight is 334 g/mol. The molecule has 0 radical (unpaired) electrons. The number of hydrogen-bond donors (Lipinski definition) is 1. The fraction of sp³-hybridized carbons (Fsp3) is 0.188. The van der Waals surface area contributed by atoms with Gasteiger partial charge in [-0.05, 0) is 17.7 Å². The predicted molar refractivity (Wildman–Crippen MR) is 83.1 cm³/mol. The minimum Gasteiger partial charge on any atom is -0.507 e. The minimum absolute atomic E-state index is 0.0186. The lowest BCUT2D eigenvalue weighted by Crippen LogP contribution is -2.32. The van der Waals surface area contributed by atoms with Gasteiger partial charge in [-0.2, -0.15) is 0 Å². The molecule has 0 aliphatic rings. The van der Waals surface area contributed by atoms with E-state index < -0.39 is 0 Å². The topological polar surface area (TPSA) is 40.5 Å². The number of nitrogens with zero attached hydrogens (tertiary/aromatic N) is 1. The van der Waals surface area contributed by atoms with Crippen molar-refractivity contribution in [2.75, 3.05) is 11.9 Å². The van der Waals surface area contributed by atoms with E-state index in [1.165, 1.54) is 6.07 Å². The first-order valence-electron chi connectivity index (χ1n) is 6.39. The van der Waals surface area contributed by atoms with Crippen molar-refractivity contribution in [3.05, 3.63) is 65.7 Å². The predicted octanol–water partition coefficient (Wildman–Crippen LogP) is 3.43. The normalized spacial score (nSPS) is 10.2. The number of benzene rings is 2. The highest BCUT2D eigenvalue weighted by Gasteiger charge is 2.18. The summed E-state index contributed by atoms with van der Waals surface area (Å²) in [5, 5.41) is 10.5. The Kier molecular flexibility index (Phi) is 5.18. The van der Waals surface area contributed by atoms with Gasteiger partial charge in [0, 0.05) is 18.4 Å². The number of carbonyl (C=O) groups is 1. The van der Waals surface area contributed by atoms with Crippen molar-refractivity contribution < 1.29 is 9.90 Å². The van der Waals surface area contributed by atoms with Crippen LogP contribution < -0.4 is 0 Å². The maximum absolute atomic E-state index is 12.5. The van der Waals surface area contributed by atoms with Gasteiger partial charge in [0.2, 0.25) is 0 Å². The molecule has 0 aliphatic heterocycles. The molecule has 0 unspecified atom stereocenters. The molecule has 0 fully saturated rings. The number of hydrogen-bond acceptors (Lipinski definition) is 2. The molecule has 1 amide bonds. The number of para-hydroxylation sites is 1. The van der Waals surface area contributed by atoms with Gasteiger partial charge in [0.15, 0.2) is 0 Å². The molecule has 0 bridgehead atoms. The SMILES string of the molecule is O=C(c1ccccc1O)N(CCBr)Cc1ccccc1. The number of halogens is 1. The highest BCUT2D eigenvalue weighted by molar-refractivity contribution is 9.09. The number of rotatable bonds is 5. The number of carbonyl (C=O) groups excluding carboxylic acids is 1. The van der Waals surface area contributed by atoms with Crippen molar-refractivity contribution in [1.82, 2.24) is 4.90 Å². The summed E-state index contributed by atoms with van der Waals surface area (Å²) in [5.74, 6) is -0.142. The monoisotopic (exact) mass is 333 g/mol. The van der Waals surface area contributed by atoms with E-state index >= 15 is 0 Å². The second-order valence-electron chi connectivity index (χ2n) is 4.42. The van der Waals surface area contributed by atoms with Crippen molar-refractivity contribution >= 4 is 21.8 Å². The molecular weight excluding hydrogens is 318 g/mol. The van der Waals surface area contributed by atoms with Crippen LogP contribution in [0.25, 0.3) is 0 Å². The lowest BCUT2D eigenvalue weighted by molar-refractivity contribution is 0.0751. The van der Waals surface area contributed by atoms with Crippen LogP contribution in [-0.2, 0) is 6.54 Å². The highest BCUT2D eigenvalue weighted by Crippen LogP contribution is 2.19. The molecule has 3 nitrogen and oxygen atoms in total. The maximum Gasteiger partial charge on any atom is 0.257 e. The summed E-state index contributed by atoms with van der Waals surface area (Å²) in [7, 11) is 0. The van der Waals surface area contributed by atoms with Crippen LogP contribution in [0.15, 0.2) is 54.6 Å². The van der Waals surface area contributed by atoms with E-state index in [2.05, 4.69) is 15.9 Å². The third-order valence-electron chi connectivity index (χ3n) is 2.99. The molecule has 0 spiro atoms. The molecule has 2 rings (SSSR count). The molecule has 2 aromatic rings. The zero-order valence-electron chi connectivity index (χ0n) is 11.0. The fourth-order valence-electron chi connectivity index (χ4n) is 1.98. The van der Waals surface area contributed by atoms with Gasteiger partial charge in [0.1, 0.15) is 5.75 Å². The zero-order valence-corrected chi connectivity index (χ0v) is 12.6. The van der Waals surface area contributed by atoms with Crippen molar-refractivity contribution in [2.24, 2.45) is 0 Å². The first-order chi connectivity index (χ1) is 9.72. The van der Waals surface area contributed by atoms with Crippen molar-refractivity contribution in [2.45, 2.75) is 6.54 Å². The van der Waals surface area contributed by atoms with Crippen molar-refractivity contribution in [1.29, 1.82) is 0 Å². The summed E-state index contributed by atoms with van der Waals surface area (Å²) in [4.78, 5) is 14.2. The van der Waals surface area contributed by atoms with Gasteiger partial charge in [0.05, 0.1) is 5.56 Å². The Morgan fingerprint density at radius 2 is 1.70 bits per heavy atom. The third kappa shape index (κ3) is 3.61. The van der Waals surface area contributed by atoms with Gasteiger partial charge in [0.25, 0.3) is 5.91 Å². The number of phenols is 1. The molecule has 0 aromatic heterocycles. The first-order valence-corrected chi connectivity index (χ1v) is 7.51. The van der Waals surface area contributed by atoms with Crippen LogP contribution in [-0.4, -0.2) is 27.8 Å². The summed E-state index contributed by atoms with van der Waals surface area (Å²) >= 11 is 3.37. The van der Waals surface area contributed by atoms with E-state index in [4.69, 9.17) is 0 Å². The molecule has 0 saturated carbocycles. The van der Waals surface area contributed by atoms with E-state index in [0.29, 0.717) is 24.0 Å². The van der Waals surface area contributed by atoms with E-state index in [-0.39, 0.29) is 11.7 Å². The number of phenolic OH excluding ortho intramolecular Hbond substituents is 1. The molecule has 0 aliphatic carbocycles. The van der Waals surface area contributed by atoms with Crippen molar-refractivity contribution in [3.63, 3.8) is 0 Å². The minimum atomic E-state index is -0.161. The first kappa shape index (κ1) is 14.6. The van der Waals surface area contributed by atoms with E-state index in [1.807, 2.05) is 30.3 Å². The summed E-state index contributed by atoms with van der Waals surface area (Å²) in [5.41, 5.74) is 1.40. The Morgan fingerprint density at radius 1 is 1.05 bits per heavy atom. The molecule has 104 valence electrons. The molecule has 1 N–H and O–H groups in total. The van der Waals surface area contributed by atoms with Crippen LogP contribution in [0.4, 0.5) is 0 Å². The van der Waals surface area contributed by atoms with Gasteiger partial charge in [-0.3, -0.25) is 4.79 Å². The summed E-state index contributed by atoms with van der Waals surface area (Å²) in [6.07, 6.45) is 0. The lowest BCUT2D eigenvalue weighted by Gasteiger charge is -2.22. The highest BCUT2D eigenvalue weighted by atomic mass is 79.9. The molecule has 20 heavy (non-hydrogen) atoms. The fourth-order valence-corrected chi connectivity index (χ4v) is 2.41. The van der Waals surface area contributed by atoms with E-state index in [1.54, 1.807) is 23.1 Å². The lowest BCUT2D eigenvalue weighted by atomic mass is 10.1. The number of amides is 1. The Labute approximate surface area is 127 Å². The summed E-state index contributed by atoms with van der Waals surface area (Å²) in [6.45, 7) is 1.11. The van der Waals surface area contributed by atoms with Crippen LogP contribution in [0.1, 0.15) is 15.9 Å². The molecule has 0 heterocycles. The standard InChI is InChI=1S/C16H16BrNO2/c17-10-11-18(12-13-6-2-1-3-7-13)16(20)14-8-4-5-9-15(14)19/h1-9,19H,10-12H2. The number of alkyl halides is 1. The Bertz CT molecular complexity index is 572.